The number of fused-ring (bicyclic) bond motifs is 1. The van der Waals surface area contributed by atoms with E-state index >= 15 is 0 Å². The van der Waals surface area contributed by atoms with Gasteiger partial charge in [0.25, 0.3) is 0 Å². The molecule has 1 heterocycles. The summed E-state index contributed by atoms with van der Waals surface area (Å²) in [5.41, 5.74) is 1.43. The normalized spacial score (nSPS) is 20.3. The van der Waals surface area contributed by atoms with Gasteiger partial charge in [-0.15, -0.1) is 11.8 Å². The van der Waals surface area contributed by atoms with Crippen LogP contribution in [0.1, 0.15) is 5.56 Å². The third-order valence-corrected chi connectivity index (χ3v) is 3.85. The zero-order valence-corrected chi connectivity index (χ0v) is 9.36. The van der Waals surface area contributed by atoms with E-state index in [9.17, 15) is 0 Å². The van der Waals surface area contributed by atoms with Crippen molar-refractivity contribution >= 4 is 11.8 Å². The maximum atomic E-state index is 5.20. The highest BCUT2D eigenvalue weighted by Gasteiger charge is 2.17. The second-order valence-corrected chi connectivity index (χ2v) is 4.54. The van der Waals surface area contributed by atoms with Crippen LogP contribution in [0.15, 0.2) is 23.1 Å². The summed E-state index contributed by atoms with van der Waals surface area (Å²) in [5, 5.41) is 3.32. The largest absolute Gasteiger partial charge is 0.497 e. The molecule has 2 nitrogen and oxygen atoms in total. The number of nitrogens with one attached hydrogen (secondary N) is 1. The molecule has 0 radical (unpaired) electrons. The molecule has 1 aromatic rings. The van der Waals surface area contributed by atoms with E-state index in [-0.39, 0.29) is 0 Å². The van der Waals surface area contributed by atoms with Crippen molar-refractivity contribution in [2.45, 2.75) is 17.4 Å². The zero-order valence-electron chi connectivity index (χ0n) is 8.54. The lowest BCUT2D eigenvalue weighted by atomic mass is 10.1. The number of likely N-dealkylation sites (N-methyl/N-ethyl adjacent to an activating group) is 1. The molecular weight excluding hydrogens is 194 g/mol. The van der Waals surface area contributed by atoms with Crippen LogP contribution in [0.4, 0.5) is 0 Å². The molecule has 1 aromatic carbocycles. The molecule has 1 N–H and O–H groups in total. The molecule has 0 saturated carbocycles. The Bertz CT molecular complexity index is 327. The van der Waals surface area contributed by atoms with Crippen LogP contribution in [0.5, 0.6) is 5.75 Å². The summed E-state index contributed by atoms with van der Waals surface area (Å²) in [4.78, 5) is 1.37. The van der Waals surface area contributed by atoms with E-state index in [1.165, 1.54) is 10.5 Å². The van der Waals surface area contributed by atoms with Gasteiger partial charge in [-0.05, 0) is 31.2 Å². The van der Waals surface area contributed by atoms with E-state index in [1.54, 1.807) is 7.11 Å². The van der Waals surface area contributed by atoms with E-state index in [4.69, 9.17) is 4.74 Å². The highest BCUT2D eigenvalue weighted by atomic mass is 32.2. The first-order chi connectivity index (χ1) is 6.83. The predicted molar refractivity (Wildman–Crippen MR) is 60.3 cm³/mol. The molecule has 0 aliphatic carbocycles. The highest BCUT2D eigenvalue weighted by Crippen LogP contribution is 2.32. The fourth-order valence-electron chi connectivity index (χ4n) is 1.66. The van der Waals surface area contributed by atoms with Crippen molar-refractivity contribution in [3.63, 3.8) is 0 Å². The lowest BCUT2D eigenvalue weighted by Crippen LogP contribution is -2.32. The van der Waals surface area contributed by atoms with Gasteiger partial charge in [0, 0.05) is 16.7 Å². The van der Waals surface area contributed by atoms with E-state index in [2.05, 4.69) is 17.4 Å². The summed E-state index contributed by atoms with van der Waals surface area (Å²) in [6, 6.07) is 6.95. The summed E-state index contributed by atoms with van der Waals surface area (Å²) in [7, 11) is 3.74. The Morgan fingerprint density at radius 1 is 1.50 bits per heavy atom. The lowest BCUT2D eigenvalue weighted by Gasteiger charge is -2.23. The summed E-state index contributed by atoms with van der Waals surface area (Å²) >= 11 is 1.91. The van der Waals surface area contributed by atoms with Gasteiger partial charge in [0.1, 0.15) is 5.75 Å². The third kappa shape index (κ3) is 1.88. The molecule has 1 aliphatic heterocycles. The van der Waals surface area contributed by atoms with Crippen molar-refractivity contribution in [2.75, 3.05) is 19.9 Å². The van der Waals surface area contributed by atoms with Gasteiger partial charge in [-0.3, -0.25) is 0 Å². The van der Waals surface area contributed by atoms with Crippen molar-refractivity contribution in [3.8, 4) is 5.75 Å². The summed E-state index contributed by atoms with van der Waals surface area (Å²) in [6.07, 6.45) is 1.13. The van der Waals surface area contributed by atoms with Crippen LogP contribution < -0.4 is 10.1 Å². The number of ether oxygens (including phenoxy) is 1. The van der Waals surface area contributed by atoms with Crippen molar-refractivity contribution in [2.24, 2.45) is 0 Å². The van der Waals surface area contributed by atoms with Gasteiger partial charge in [-0.2, -0.15) is 0 Å². The van der Waals surface area contributed by atoms with E-state index < -0.39 is 0 Å². The van der Waals surface area contributed by atoms with Crippen LogP contribution in [-0.4, -0.2) is 26.0 Å². The first kappa shape index (κ1) is 9.87. The molecule has 1 aliphatic rings. The van der Waals surface area contributed by atoms with Gasteiger partial charge in [0.15, 0.2) is 0 Å². The number of rotatable bonds is 2. The van der Waals surface area contributed by atoms with Gasteiger partial charge in [0.05, 0.1) is 7.11 Å². The highest BCUT2D eigenvalue weighted by molar-refractivity contribution is 7.99. The average molecular weight is 209 g/mol. The zero-order chi connectivity index (χ0) is 9.97. The van der Waals surface area contributed by atoms with Gasteiger partial charge >= 0.3 is 0 Å². The first-order valence-electron chi connectivity index (χ1n) is 4.80. The standard InChI is InChI=1S/C11H15NOS/c1-12-9-5-8-3-4-10(13-2)6-11(8)14-7-9/h3-4,6,9,12H,5,7H2,1-2H3. The molecule has 2 rings (SSSR count). The maximum Gasteiger partial charge on any atom is 0.119 e. The topological polar surface area (TPSA) is 21.3 Å². The predicted octanol–water partition coefficient (Wildman–Crippen LogP) is 1.93. The quantitative estimate of drug-likeness (QED) is 0.804. The summed E-state index contributed by atoms with van der Waals surface area (Å²) in [5.74, 6) is 2.11. The molecule has 3 heteroatoms. The number of thioether (sulfide) groups is 1. The monoisotopic (exact) mass is 209 g/mol. The molecule has 0 amide bonds. The molecule has 0 bridgehead atoms. The third-order valence-electron chi connectivity index (χ3n) is 2.59. The van der Waals surface area contributed by atoms with Gasteiger partial charge in [-0.25, -0.2) is 0 Å². The van der Waals surface area contributed by atoms with Gasteiger partial charge < -0.3 is 10.1 Å². The van der Waals surface area contributed by atoms with Crippen LogP contribution in [0.3, 0.4) is 0 Å². The Balaban J connectivity index is 2.23. The number of methoxy groups -OCH3 is 1. The van der Waals surface area contributed by atoms with Crippen LogP contribution in [0.25, 0.3) is 0 Å². The Hall–Kier alpha value is -0.670. The van der Waals surface area contributed by atoms with Crippen molar-refractivity contribution in [3.05, 3.63) is 23.8 Å². The van der Waals surface area contributed by atoms with E-state index in [0.29, 0.717) is 6.04 Å². The smallest absolute Gasteiger partial charge is 0.119 e. The van der Waals surface area contributed by atoms with Crippen molar-refractivity contribution in [1.82, 2.24) is 5.32 Å². The molecule has 0 aromatic heterocycles. The van der Waals surface area contributed by atoms with Gasteiger partial charge in [0.2, 0.25) is 0 Å². The fraction of sp³-hybridized carbons (Fsp3) is 0.455. The maximum absolute atomic E-state index is 5.20. The van der Waals surface area contributed by atoms with E-state index in [1.807, 2.05) is 24.9 Å². The van der Waals surface area contributed by atoms with Crippen LogP contribution in [-0.2, 0) is 6.42 Å². The molecule has 0 spiro atoms. The summed E-state index contributed by atoms with van der Waals surface area (Å²) < 4.78 is 5.20. The molecule has 14 heavy (non-hydrogen) atoms. The van der Waals surface area contributed by atoms with Crippen LogP contribution in [0.2, 0.25) is 0 Å². The van der Waals surface area contributed by atoms with Gasteiger partial charge in [-0.1, -0.05) is 6.07 Å². The minimum absolute atomic E-state index is 0.612. The molecule has 1 atom stereocenters. The minimum Gasteiger partial charge on any atom is -0.497 e. The molecule has 1 unspecified atom stereocenters. The van der Waals surface area contributed by atoms with E-state index in [0.717, 1.165) is 17.9 Å². The lowest BCUT2D eigenvalue weighted by molar-refractivity contribution is 0.413. The molecular formula is C11H15NOS. The minimum atomic E-state index is 0.612. The van der Waals surface area contributed by atoms with Crippen molar-refractivity contribution in [1.29, 1.82) is 0 Å². The Kier molecular flexibility index (Phi) is 2.99. The summed E-state index contributed by atoms with van der Waals surface area (Å²) in [6.45, 7) is 0. The number of benzene rings is 1. The molecule has 0 saturated heterocycles. The number of hydrogen-bond donors (Lipinski definition) is 1. The second-order valence-electron chi connectivity index (χ2n) is 3.47. The first-order valence-corrected chi connectivity index (χ1v) is 5.79. The molecule has 0 fully saturated rings. The Morgan fingerprint density at radius 2 is 2.36 bits per heavy atom. The molecule has 76 valence electrons. The van der Waals surface area contributed by atoms with Crippen LogP contribution >= 0.6 is 11.8 Å². The Labute approximate surface area is 89.0 Å². The van der Waals surface area contributed by atoms with Crippen molar-refractivity contribution < 1.29 is 4.74 Å². The number of hydrogen-bond acceptors (Lipinski definition) is 3. The SMILES string of the molecule is CNC1CSc2cc(OC)ccc2C1. The fourth-order valence-corrected chi connectivity index (χ4v) is 2.87. The average Bonchev–Trinajstić information content (AvgIpc) is 2.27. The second kappa shape index (κ2) is 4.24. The van der Waals surface area contributed by atoms with Crippen LogP contribution in [0, 0.1) is 0 Å². The Morgan fingerprint density at radius 3 is 3.07 bits per heavy atom.